The van der Waals surface area contributed by atoms with Gasteiger partial charge in [0, 0.05) is 13.1 Å². The first-order valence-electron chi connectivity index (χ1n) is 8.59. The molecule has 2 rings (SSSR count). The zero-order valence-electron chi connectivity index (χ0n) is 13.6. The molecule has 0 unspecified atom stereocenters. The molecule has 120 valence electrons. The van der Waals surface area contributed by atoms with Gasteiger partial charge in [-0.05, 0) is 31.1 Å². The Labute approximate surface area is 134 Å². The Kier molecular flexibility index (Phi) is 5.29. The van der Waals surface area contributed by atoms with Gasteiger partial charge < -0.3 is 10.6 Å². The topological polar surface area (TPSA) is 46.3 Å². The number of nitrogens with zero attached hydrogens (tertiary/aromatic N) is 1. The SMILES string of the molecule is CCC1(CC)CCN(C(=O)C2(C(N)=S)CCCCC2)CC1. The van der Waals surface area contributed by atoms with Crippen LogP contribution in [0, 0.1) is 10.8 Å². The highest BCUT2D eigenvalue weighted by atomic mass is 32.1. The summed E-state index contributed by atoms with van der Waals surface area (Å²) < 4.78 is 0. The molecule has 0 aromatic heterocycles. The van der Waals surface area contributed by atoms with Crippen molar-refractivity contribution in [2.24, 2.45) is 16.6 Å². The van der Waals surface area contributed by atoms with Gasteiger partial charge in [0.05, 0.1) is 10.4 Å². The number of hydrogen-bond acceptors (Lipinski definition) is 2. The van der Waals surface area contributed by atoms with Crippen LogP contribution in [0.2, 0.25) is 0 Å². The standard InChI is InChI=1S/C17H30N2OS/c1-3-16(4-2)10-12-19(13-11-16)15(20)17(14(18)21)8-6-5-7-9-17/h3-13H2,1-2H3,(H2,18,21). The van der Waals surface area contributed by atoms with Crippen molar-refractivity contribution in [2.75, 3.05) is 13.1 Å². The first-order valence-corrected chi connectivity index (χ1v) is 9.00. The summed E-state index contributed by atoms with van der Waals surface area (Å²) in [5.74, 6) is 0.218. The molecule has 0 bridgehead atoms. The maximum Gasteiger partial charge on any atom is 0.235 e. The van der Waals surface area contributed by atoms with E-state index in [1.54, 1.807) is 0 Å². The number of nitrogens with two attached hydrogens (primary N) is 1. The second kappa shape index (κ2) is 6.64. The lowest BCUT2D eigenvalue weighted by molar-refractivity contribution is -0.142. The Hall–Kier alpha value is -0.640. The molecule has 2 fully saturated rings. The van der Waals surface area contributed by atoms with Crippen molar-refractivity contribution in [2.45, 2.75) is 71.6 Å². The number of rotatable bonds is 4. The molecule has 1 saturated heterocycles. The molecule has 3 nitrogen and oxygen atoms in total. The minimum Gasteiger partial charge on any atom is -0.392 e. The number of likely N-dealkylation sites (tertiary alicyclic amines) is 1. The Morgan fingerprint density at radius 1 is 1.05 bits per heavy atom. The summed E-state index contributed by atoms with van der Waals surface area (Å²) in [4.78, 5) is 15.5. The zero-order chi connectivity index (χ0) is 15.5. The number of piperidine rings is 1. The lowest BCUT2D eigenvalue weighted by Gasteiger charge is -2.45. The van der Waals surface area contributed by atoms with Crippen molar-refractivity contribution in [1.82, 2.24) is 4.90 Å². The molecule has 1 aliphatic heterocycles. The summed E-state index contributed by atoms with van der Waals surface area (Å²) in [6, 6.07) is 0. The number of thiocarbonyl (C=S) groups is 1. The monoisotopic (exact) mass is 310 g/mol. The molecule has 1 amide bonds. The maximum atomic E-state index is 13.1. The van der Waals surface area contributed by atoms with E-state index in [2.05, 4.69) is 13.8 Å². The van der Waals surface area contributed by atoms with E-state index in [0.717, 1.165) is 51.6 Å². The van der Waals surface area contributed by atoms with E-state index < -0.39 is 5.41 Å². The highest BCUT2D eigenvalue weighted by molar-refractivity contribution is 7.80. The lowest BCUT2D eigenvalue weighted by Crippen LogP contribution is -2.54. The minimum absolute atomic E-state index is 0.218. The fourth-order valence-corrected chi connectivity index (χ4v) is 4.46. The van der Waals surface area contributed by atoms with E-state index in [1.807, 2.05) is 4.90 Å². The van der Waals surface area contributed by atoms with Gasteiger partial charge in [-0.15, -0.1) is 0 Å². The second-order valence-corrected chi connectivity index (χ2v) is 7.45. The third-order valence-electron chi connectivity index (χ3n) is 6.20. The van der Waals surface area contributed by atoms with E-state index in [1.165, 1.54) is 19.3 Å². The first kappa shape index (κ1) is 16.7. The van der Waals surface area contributed by atoms with Crippen LogP contribution in [0.1, 0.15) is 71.6 Å². The summed E-state index contributed by atoms with van der Waals surface area (Å²) in [6.07, 6.45) is 9.73. The fourth-order valence-electron chi connectivity index (χ4n) is 4.16. The number of amides is 1. The van der Waals surface area contributed by atoms with Gasteiger partial charge in [-0.1, -0.05) is 58.2 Å². The van der Waals surface area contributed by atoms with Crippen molar-refractivity contribution in [3.8, 4) is 0 Å². The maximum absolute atomic E-state index is 13.1. The van der Waals surface area contributed by atoms with Gasteiger partial charge in [0.15, 0.2) is 0 Å². The quantitative estimate of drug-likeness (QED) is 0.806. The molecule has 0 aromatic rings. The second-order valence-electron chi connectivity index (χ2n) is 7.01. The molecule has 1 heterocycles. The van der Waals surface area contributed by atoms with E-state index in [0.29, 0.717) is 10.4 Å². The van der Waals surface area contributed by atoms with Crippen molar-refractivity contribution in [3.63, 3.8) is 0 Å². The van der Waals surface area contributed by atoms with Gasteiger partial charge in [0.25, 0.3) is 0 Å². The van der Waals surface area contributed by atoms with E-state index in [-0.39, 0.29) is 5.91 Å². The van der Waals surface area contributed by atoms with Gasteiger partial charge in [-0.2, -0.15) is 0 Å². The third-order valence-corrected chi connectivity index (χ3v) is 6.59. The van der Waals surface area contributed by atoms with Crippen molar-refractivity contribution in [1.29, 1.82) is 0 Å². The molecule has 0 aromatic carbocycles. The van der Waals surface area contributed by atoms with Crippen LogP contribution in [0.15, 0.2) is 0 Å². The molecule has 21 heavy (non-hydrogen) atoms. The minimum atomic E-state index is -0.536. The first-order chi connectivity index (χ1) is 9.99. The van der Waals surface area contributed by atoms with Gasteiger partial charge in [-0.25, -0.2) is 0 Å². The Balaban J connectivity index is 2.08. The number of carbonyl (C=O) groups excluding carboxylic acids is 1. The van der Waals surface area contributed by atoms with Crippen LogP contribution in [-0.4, -0.2) is 28.9 Å². The Morgan fingerprint density at radius 3 is 2.00 bits per heavy atom. The van der Waals surface area contributed by atoms with Crippen molar-refractivity contribution >= 4 is 23.1 Å². The molecule has 1 saturated carbocycles. The fraction of sp³-hybridized carbons (Fsp3) is 0.882. The van der Waals surface area contributed by atoms with Crippen LogP contribution >= 0.6 is 12.2 Å². The number of carbonyl (C=O) groups is 1. The van der Waals surface area contributed by atoms with Gasteiger partial charge in [-0.3, -0.25) is 4.79 Å². The van der Waals surface area contributed by atoms with Crippen LogP contribution in [0.25, 0.3) is 0 Å². The molecule has 1 aliphatic carbocycles. The summed E-state index contributed by atoms with van der Waals surface area (Å²) in [5.41, 5.74) is 5.91. The highest BCUT2D eigenvalue weighted by Gasteiger charge is 2.46. The van der Waals surface area contributed by atoms with E-state index >= 15 is 0 Å². The smallest absolute Gasteiger partial charge is 0.235 e. The third kappa shape index (κ3) is 3.10. The molecule has 0 atom stereocenters. The molecular formula is C17H30N2OS. The van der Waals surface area contributed by atoms with Gasteiger partial charge >= 0.3 is 0 Å². The summed E-state index contributed by atoms with van der Waals surface area (Å²) >= 11 is 5.29. The largest absolute Gasteiger partial charge is 0.392 e. The normalized spacial score (nSPS) is 24.6. The zero-order valence-corrected chi connectivity index (χ0v) is 14.4. The average Bonchev–Trinajstić information content (AvgIpc) is 2.54. The molecule has 4 heteroatoms. The molecule has 2 N–H and O–H groups in total. The number of hydrogen-bond donors (Lipinski definition) is 1. The van der Waals surface area contributed by atoms with Crippen LogP contribution in [0.4, 0.5) is 0 Å². The lowest BCUT2D eigenvalue weighted by atomic mass is 9.71. The predicted octanol–water partition coefficient (Wildman–Crippen LogP) is 3.65. The average molecular weight is 311 g/mol. The Morgan fingerprint density at radius 2 is 1.57 bits per heavy atom. The van der Waals surface area contributed by atoms with Gasteiger partial charge in [0.1, 0.15) is 0 Å². The van der Waals surface area contributed by atoms with Crippen LogP contribution < -0.4 is 5.73 Å². The van der Waals surface area contributed by atoms with E-state index in [9.17, 15) is 4.79 Å². The summed E-state index contributed by atoms with van der Waals surface area (Å²) in [7, 11) is 0. The predicted molar refractivity (Wildman–Crippen MR) is 91.1 cm³/mol. The van der Waals surface area contributed by atoms with E-state index in [4.69, 9.17) is 18.0 Å². The molecule has 2 aliphatic rings. The van der Waals surface area contributed by atoms with Crippen LogP contribution in [0.3, 0.4) is 0 Å². The van der Waals surface area contributed by atoms with Crippen molar-refractivity contribution < 1.29 is 4.79 Å². The molecule has 0 radical (unpaired) electrons. The summed E-state index contributed by atoms with van der Waals surface area (Å²) in [5, 5.41) is 0. The van der Waals surface area contributed by atoms with Gasteiger partial charge in [0.2, 0.25) is 5.91 Å². The Bertz CT molecular complexity index is 388. The highest BCUT2D eigenvalue weighted by Crippen LogP contribution is 2.42. The van der Waals surface area contributed by atoms with Crippen molar-refractivity contribution in [3.05, 3.63) is 0 Å². The molecule has 0 spiro atoms. The van der Waals surface area contributed by atoms with Crippen LogP contribution in [-0.2, 0) is 4.79 Å². The molecular weight excluding hydrogens is 280 g/mol. The van der Waals surface area contributed by atoms with Crippen LogP contribution in [0.5, 0.6) is 0 Å². The summed E-state index contributed by atoms with van der Waals surface area (Å²) in [6.45, 7) is 6.31.